The second kappa shape index (κ2) is 13.5. The molecule has 158 valence electrons. The maximum absolute atomic E-state index is 4.72. The molecule has 0 atom stereocenters. The number of aromatic nitrogens is 5. The number of halogens is 1. The molecule has 0 bridgehead atoms. The van der Waals surface area contributed by atoms with Gasteiger partial charge in [-0.15, -0.1) is 34.2 Å². The SMILES string of the molecule is CCCCNC(=NCCCn1nc(C)cc1C)NCCn1cnnc1CC.I. The third kappa shape index (κ3) is 8.15. The molecule has 8 nitrogen and oxygen atoms in total. The van der Waals surface area contributed by atoms with E-state index < -0.39 is 0 Å². The largest absolute Gasteiger partial charge is 0.356 e. The van der Waals surface area contributed by atoms with Crippen molar-refractivity contribution in [1.82, 2.24) is 35.2 Å². The van der Waals surface area contributed by atoms with Crippen LogP contribution in [0.2, 0.25) is 0 Å². The van der Waals surface area contributed by atoms with Crippen molar-refractivity contribution < 1.29 is 0 Å². The first kappa shape index (κ1) is 24.4. The molecule has 0 fully saturated rings. The van der Waals surface area contributed by atoms with Gasteiger partial charge in [-0.1, -0.05) is 20.3 Å². The Morgan fingerprint density at radius 3 is 2.57 bits per heavy atom. The Morgan fingerprint density at radius 2 is 1.89 bits per heavy atom. The fourth-order valence-corrected chi connectivity index (χ4v) is 2.90. The fourth-order valence-electron chi connectivity index (χ4n) is 2.90. The molecule has 0 amide bonds. The van der Waals surface area contributed by atoms with Crippen LogP contribution in [-0.2, 0) is 19.5 Å². The summed E-state index contributed by atoms with van der Waals surface area (Å²) in [5.74, 6) is 1.89. The van der Waals surface area contributed by atoms with E-state index in [2.05, 4.69) is 62.0 Å². The molecule has 2 N–H and O–H groups in total. The first-order chi connectivity index (χ1) is 13.1. The highest BCUT2D eigenvalue weighted by Gasteiger charge is 2.03. The maximum Gasteiger partial charge on any atom is 0.191 e. The van der Waals surface area contributed by atoms with E-state index in [0.717, 1.165) is 69.5 Å². The normalized spacial score (nSPS) is 11.4. The van der Waals surface area contributed by atoms with Crippen molar-refractivity contribution in [3.8, 4) is 0 Å². The Morgan fingerprint density at radius 1 is 1.11 bits per heavy atom. The number of nitrogens with one attached hydrogen (secondary N) is 2. The van der Waals surface area contributed by atoms with Gasteiger partial charge in [-0.2, -0.15) is 5.10 Å². The van der Waals surface area contributed by atoms with E-state index >= 15 is 0 Å². The Kier molecular flexibility index (Phi) is 11.8. The molecule has 0 spiro atoms. The summed E-state index contributed by atoms with van der Waals surface area (Å²) in [6.45, 7) is 12.6. The number of hydrogen-bond acceptors (Lipinski definition) is 4. The van der Waals surface area contributed by atoms with Crippen molar-refractivity contribution in [2.24, 2.45) is 4.99 Å². The molecule has 0 unspecified atom stereocenters. The van der Waals surface area contributed by atoms with Gasteiger partial charge in [0.2, 0.25) is 0 Å². The van der Waals surface area contributed by atoms with Gasteiger partial charge in [-0.25, -0.2) is 0 Å². The minimum absolute atomic E-state index is 0. The Hall–Kier alpha value is -1.65. The van der Waals surface area contributed by atoms with Gasteiger partial charge in [-0.05, 0) is 32.8 Å². The van der Waals surface area contributed by atoms with E-state index in [1.54, 1.807) is 6.33 Å². The Bertz CT molecular complexity index is 707. The zero-order chi connectivity index (χ0) is 19.5. The number of hydrogen-bond donors (Lipinski definition) is 2. The summed E-state index contributed by atoms with van der Waals surface area (Å²) in [4.78, 5) is 4.72. The molecule has 2 rings (SSSR count). The van der Waals surface area contributed by atoms with Gasteiger partial charge in [0.05, 0.1) is 5.69 Å². The molecule has 0 saturated carbocycles. The van der Waals surface area contributed by atoms with Crippen molar-refractivity contribution >= 4 is 29.9 Å². The van der Waals surface area contributed by atoms with Gasteiger partial charge in [0, 0.05) is 44.8 Å². The number of unbranched alkanes of at least 4 members (excludes halogenated alkanes) is 1. The maximum atomic E-state index is 4.72. The average Bonchev–Trinajstić information content (AvgIpc) is 3.23. The van der Waals surface area contributed by atoms with Crippen LogP contribution in [0.5, 0.6) is 0 Å². The highest BCUT2D eigenvalue weighted by Crippen LogP contribution is 2.02. The van der Waals surface area contributed by atoms with Crippen LogP contribution in [0.1, 0.15) is 50.3 Å². The van der Waals surface area contributed by atoms with E-state index in [0.29, 0.717) is 0 Å². The van der Waals surface area contributed by atoms with Gasteiger partial charge in [-0.3, -0.25) is 9.67 Å². The summed E-state index contributed by atoms with van der Waals surface area (Å²) in [5, 5.41) is 19.4. The number of aliphatic imine (C=N–C) groups is 1. The zero-order valence-corrected chi connectivity index (χ0v) is 19.9. The molecule has 0 aliphatic heterocycles. The first-order valence-electron chi connectivity index (χ1n) is 10.0. The van der Waals surface area contributed by atoms with Gasteiger partial charge < -0.3 is 15.2 Å². The topological polar surface area (TPSA) is 85.0 Å². The van der Waals surface area contributed by atoms with Crippen molar-refractivity contribution in [3.63, 3.8) is 0 Å². The lowest BCUT2D eigenvalue weighted by atomic mass is 10.3. The monoisotopic (exact) mass is 502 g/mol. The van der Waals surface area contributed by atoms with Gasteiger partial charge in [0.15, 0.2) is 5.96 Å². The van der Waals surface area contributed by atoms with Crippen LogP contribution in [-0.4, -0.2) is 50.1 Å². The molecular formula is C19H35IN8. The van der Waals surface area contributed by atoms with Crippen molar-refractivity contribution in [3.05, 3.63) is 29.6 Å². The molecule has 0 radical (unpaired) electrons. The summed E-state index contributed by atoms with van der Waals surface area (Å²) in [5.41, 5.74) is 2.27. The smallest absolute Gasteiger partial charge is 0.191 e. The molecule has 9 heteroatoms. The minimum Gasteiger partial charge on any atom is -0.356 e. The van der Waals surface area contributed by atoms with Gasteiger partial charge in [0.1, 0.15) is 12.2 Å². The summed E-state index contributed by atoms with van der Waals surface area (Å²) < 4.78 is 4.14. The second-order valence-electron chi connectivity index (χ2n) is 6.74. The summed E-state index contributed by atoms with van der Waals surface area (Å²) in [7, 11) is 0. The van der Waals surface area contributed by atoms with Gasteiger partial charge in [0.25, 0.3) is 0 Å². The molecule has 0 aromatic carbocycles. The van der Waals surface area contributed by atoms with E-state index in [1.807, 2.05) is 6.92 Å². The third-order valence-corrected chi connectivity index (χ3v) is 4.38. The predicted molar refractivity (Wildman–Crippen MR) is 124 cm³/mol. The average molecular weight is 502 g/mol. The highest BCUT2D eigenvalue weighted by atomic mass is 127. The van der Waals surface area contributed by atoms with Gasteiger partial charge >= 0.3 is 0 Å². The van der Waals surface area contributed by atoms with Crippen LogP contribution in [0.15, 0.2) is 17.4 Å². The van der Waals surface area contributed by atoms with Crippen LogP contribution in [0.25, 0.3) is 0 Å². The van der Waals surface area contributed by atoms with E-state index in [4.69, 9.17) is 4.99 Å². The molecule has 0 aliphatic carbocycles. The number of nitrogens with zero attached hydrogens (tertiary/aromatic N) is 6. The van der Waals surface area contributed by atoms with Crippen molar-refractivity contribution in [2.45, 2.75) is 66.5 Å². The lowest BCUT2D eigenvalue weighted by molar-refractivity contribution is 0.566. The molecular weight excluding hydrogens is 467 g/mol. The summed E-state index contributed by atoms with van der Waals surface area (Å²) in [6, 6.07) is 2.11. The quantitative estimate of drug-likeness (QED) is 0.214. The summed E-state index contributed by atoms with van der Waals surface area (Å²) >= 11 is 0. The fraction of sp³-hybridized carbons (Fsp3) is 0.684. The van der Waals surface area contributed by atoms with E-state index in [9.17, 15) is 0 Å². The number of rotatable bonds is 11. The van der Waals surface area contributed by atoms with Crippen LogP contribution in [0.4, 0.5) is 0 Å². The van der Waals surface area contributed by atoms with Crippen LogP contribution < -0.4 is 10.6 Å². The second-order valence-corrected chi connectivity index (χ2v) is 6.74. The number of aryl methyl sites for hydroxylation is 4. The molecule has 2 aromatic rings. The molecule has 2 aromatic heterocycles. The predicted octanol–water partition coefficient (Wildman–Crippen LogP) is 2.70. The highest BCUT2D eigenvalue weighted by molar-refractivity contribution is 14.0. The first-order valence-corrected chi connectivity index (χ1v) is 10.0. The van der Waals surface area contributed by atoms with E-state index in [1.165, 1.54) is 12.1 Å². The van der Waals surface area contributed by atoms with Crippen LogP contribution in [0.3, 0.4) is 0 Å². The molecule has 2 heterocycles. The molecule has 28 heavy (non-hydrogen) atoms. The standard InChI is InChI=1S/C19H34N8.HI/c1-5-7-9-20-19(22-11-13-26-15-23-24-18(26)6-2)21-10-8-12-27-17(4)14-16(3)25-27;/h14-15H,5-13H2,1-4H3,(H2,20,21,22);1H. The zero-order valence-electron chi connectivity index (χ0n) is 17.6. The van der Waals surface area contributed by atoms with Crippen LogP contribution >= 0.6 is 24.0 Å². The van der Waals surface area contributed by atoms with Crippen LogP contribution in [0, 0.1) is 13.8 Å². The Labute approximate surface area is 185 Å². The van der Waals surface area contributed by atoms with Crippen molar-refractivity contribution in [1.29, 1.82) is 0 Å². The number of guanidine groups is 1. The molecule has 0 saturated heterocycles. The molecule has 0 aliphatic rings. The Balaban J connectivity index is 0.00000392. The lowest BCUT2D eigenvalue weighted by Gasteiger charge is -2.13. The summed E-state index contributed by atoms with van der Waals surface area (Å²) in [6.07, 6.45) is 5.95. The third-order valence-electron chi connectivity index (χ3n) is 4.38. The van der Waals surface area contributed by atoms with E-state index in [-0.39, 0.29) is 24.0 Å². The minimum atomic E-state index is 0. The van der Waals surface area contributed by atoms with Crippen molar-refractivity contribution in [2.75, 3.05) is 19.6 Å². The lowest BCUT2D eigenvalue weighted by Crippen LogP contribution is -2.39.